The molecule has 24 heavy (non-hydrogen) atoms. The standard InChI is InChI=1S/C17H12N4O3/c1-10-6-16-18-8-11(9-21(16)20-10)19-17(23)15-7-13(22)12-4-2-3-5-14(12)24-15/h2-9H,1H3,(H,19,23). The molecule has 3 aromatic heterocycles. The summed E-state index contributed by atoms with van der Waals surface area (Å²) >= 11 is 0. The van der Waals surface area contributed by atoms with Crippen LogP contribution in [0, 0.1) is 6.92 Å². The number of fused-ring (bicyclic) bond motifs is 2. The molecule has 0 saturated carbocycles. The number of hydrogen-bond donors (Lipinski definition) is 1. The molecule has 0 aliphatic carbocycles. The normalized spacial score (nSPS) is 11.0. The highest BCUT2D eigenvalue weighted by atomic mass is 16.3. The van der Waals surface area contributed by atoms with Crippen molar-refractivity contribution in [2.24, 2.45) is 0 Å². The maximum atomic E-state index is 12.4. The van der Waals surface area contributed by atoms with E-state index in [0.29, 0.717) is 22.3 Å². The number of para-hydroxylation sites is 1. The van der Waals surface area contributed by atoms with Gasteiger partial charge in [0.05, 0.1) is 29.2 Å². The number of carbonyl (C=O) groups excluding carboxylic acids is 1. The smallest absolute Gasteiger partial charge is 0.291 e. The van der Waals surface area contributed by atoms with Crippen LogP contribution in [0.15, 0.2) is 58.0 Å². The van der Waals surface area contributed by atoms with Crippen molar-refractivity contribution in [1.29, 1.82) is 0 Å². The van der Waals surface area contributed by atoms with Gasteiger partial charge in [-0.15, -0.1) is 0 Å². The van der Waals surface area contributed by atoms with Gasteiger partial charge in [0, 0.05) is 12.1 Å². The lowest BCUT2D eigenvalue weighted by Gasteiger charge is -2.05. The van der Waals surface area contributed by atoms with Crippen molar-refractivity contribution in [3.8, 4) is 0 Å². The average Bonchev–Trinajstić information content (AvgIpc) is 2.94. The molecule has 118 valence electrons. The minimum atomic E-state index is -0.525. The minimum Gasteiger partial charge on any atom is -0.451 e. The number of amides is 1. The highest BCUT2D eigenvalue weighted by Gasteiger charge is 2.13. The van der Waals surface area contributed by atoms with Gasteiger partial charge in [0.25, 0.3) is 5.91 Å². The number of aromatic nitrogens is 3. The Hall–Kier alpha value is -3.48. The predicted molar refractivity (Wildman–Crippen MR) is 88.2 cm³/mol. The molecule has 0 radical (unpaired) electrons. The van der Waals surface area contributed by atoms with Gasteiger partial charge in [-0.1, -0.05) is 12.1 Å². The summed E-state index contributed by atoms with van der Waals surface area (Å²) in [5, 5.41) is 7.33. The van der Waals surface area contributed by atoms with Crippen LogP contribution in [0.4, 0.5) is 5.69 Å². The van der Waals surface area contributed by atoms with Crippen molar-refractivity contribution >= 4 is 28.2 Å². The summed E-state index contributed by atoms with van der Waals surface area (Å²) < 4.78 is 7.08. The molecule has 0 atom stereocenters. The van der Waals surface area contributed by atoms with Crippen molar-refractivity contribution in [2.75, 3.05) is 5.32 Å². The van der Waals surface area contributed by atoms with Crippen LogP contribution in [0.1, 0.15) is 16.2 Å². The Balaban J connectivity index is 1.68. The number of nitrogens with one attached hydrogen (secondary N) is 1. The van der Waals surface area contributed by atoms with E-state index in [2.05, 4.69) is 15.4 Å². The van der Waals surface area contributed by atoms with E-state index in [9.17, 15) is 9.59 Å². The third-order valence-electron chi connectivity index (χ3n) is 3.55. The zero-order chi connectivity index (χ0) is 16.7. The lowest BCUT2D eigenvalue weighted by Crippen LogP contribution is -2.15. The first-order valence-corrected chi connectivity index (χ1v) is 7.26. The predicted octanol–water partition coefficient (Wildman–Crippen LogP) is 2.40. The van der Waals surface area contributed by atoms with E-state index >= 15 is 0 Å². The Bertz CT molecular complexity index is 1140. The van der Waals surface area contributed by atoms with Crippen LogP contribution in [0.3, 0.4) is 0 Å². The van der Waals surface area contributed by atoms with Crippen LogP contribution in [0.5, 0.6) is 0 Å². The molecule has 1 amide bonds. The second kappa shape index (κ2) is 5.31. The molecule has 0 aliphatic rings. The van der Waals surface area contributed by atoms with Crippen molar-refractivity contribution in [3.63, 3.8) is 0 Å². The Morgan fingerprint density at radius 2 is 2.08 bits per heavy atom. The third kappa shape index (κ3) is 2.41. The Morgan fingerprint density at radius 3 is 2.96 bits per heavy atom. The highest BCUT2D eigenvalue weighted by Crippen LogP contribution is 2.14. The number of aryl methyl sites for hydroxylation is 1. The lowest BCUT2D eigenvalue weighted by molar-refractivity contribution is 0.0997. The van der Waals surface area contributed by atoms with Crippen LogP contribution in [0.25, 0.3) is 16.6 Å². The van der Waals surface area contributed by atoms with Crippen LogP contribution in [-0.4, -0.2) is 20.5 Å². The number of rotatable bonds is 2. The topological polar surface area (TPSA) is 89.5 Å². The van der Waals surface area contributed by atoms with Gasteiger partial charge in [0.1, 0.15) is 5.58 Å². The van der Waals surface area contributed by atoms with Crippen LogP contribution in [0.2, 0.25) is 0 Å². The number of benzene rings is 1. The van der Waals surface area contributed by atoms with Crippen molar-refractivity contribution < 1.29 is 9.21 Å². The quantitative estimate of drug-likeness (QED) is 0.612. The van der Waals surface area contributed by atoms with Gasteiger partial charge in [-0.05, 0) is 19.1 Å². The molecule has 0 spiro atoms. The Morgan fingerprint density at radius 1 is 1.25 bits per heavy atom. The van der Waals surface area contributed by atoms with Crippen LogP contribution in [-0.2, 0) is 0 Å². The van der Waals surface area contributed by atoms with E-state index < -0.39 is 5.91 Å². The maximum absolute atomic E-state index is 12.4. The summed E-state index contributed by atoms with van der Waals surface area (Å²) in [7, 11) is 0. The monoisotopic (exact) mass is 320 g/mol. The molecule has 0 saturated heterocycles. The molecule has 1 aromatic carbocycles. The second-order valence-electron chi connectivity index (χ2n) is 5.36. The SMILES string of the molecule is Cc1cc2ncc(NC(=O)c3cc(=O)c4ccccc4o3)cn2n1. The summed E-state index contributed by atoms with van der Waals surface area (Å²) in [4.78, 5) is 28.6. The van der Waals surface area contributed by atoms with Crippen molar-refractivity contribution in [1.82, 2.24) is 14.6 Å². The average molecular weight is 320 g/mol. The van der Waals surface area contributed by atoms with E-state index in [0.717, 1.165) is 5.69 Å². The second-order valence-corrected chi connectivity index (χ2v) is 5.36. The van der Waals surface area contributed by atoms with Gasteiger partial charge in [-0.3, -0.25) is 9.59 Å². The van der Waals surface area contributed by atoms with E-state index in [1.165, 1.54) is 12.3 Å². The number of hydrogen-bond acceptors (Lipinski definition) is 5. The molecule has 4 aromatic rings. The highest BCUT2D eigenvalue weighted by molar-refractivity contribution is 6.02. The summed E-state index contributed by atoms with van der Waals surface area (Å²) in [5.74, 6) is -0.585. The van der Waals surface area contributed by atoms with Crippen molar-refractivity contribution in [2.45, 2.75) is 6.92 Å². The van der Waals surface area contributed by atoms with Crippen LogP contribution < -0.4 is 10.7 Å². The number of nitrogens with zero attached hydrogens (tertiary/aromatic N) is 3. The van der Waals surface area contributed by atoms with Gasteiger partial charge >= 0.3 is 0 Å². The molecular formula is C17H12N4O3. The fourth-order valence-corrected chi connectivity index (χ4v) is 2.47. The summed E-state index contributed by atoms with van der Waals surface area (Å²) in [6, 6.07) is 9.79. The van der Waals surface area contributed by atoms with Crippen molar-refractivity contribution in [3.05, 3.63) is 70.5 Å². The molecule has 7 nitrogen and oxygen atoms in total. The Labute approximate surface area is 135 Å². The van der Waals surface area contributed by atoms with E-state index in [-0.39, 0.29) is 11.2 Å². The molecule has 3 heterocycles. The fraction of sp³-hybridized carbons (Fsp3) is 0.0588. The van der Waals surface area contributed by atoms with E-state index in [4.69, 9.17) is 4.42 Å². The molecular weight excluding hydrogens is 308 g/mol. The maximum Gasteiger partial charge on any atom is 0.291 e. The van der Waals surface area contributed by atoms with E-state index in [1.807, 2.05) is 13.0 Å². The van der Waals surface area contributed by atoms with Gasteiger partial charge in [-0.25, -0.2) is 9.50 Å². The summed E-state index contributed by atoms with van der Waals surface area (Å²) in [5.41, 5.74) is 2.06. The molecule has 1 N–H and O–H groups in total. The van der Waals surface area contributed by atoms with Gasteiger partial charge in [0.2, 0.25) is 0 Å². The van der Waals surface area contributed by atoms with E-state index in [1.54, 1.807) is 35.0 Å². The van der Waals surface area contributed by atoms with Crippen LogP contribution >= 0.6 is 0 Å². The molecule has 0 unspecified atom stereocenters. The zero-order valence-electron chi connectivity index (χ0n) is 12.7. The third-order valence-corrected chi connectivity index (χ3v) is 3.55. The van der Waals surface area contributed by atoms with Gasteiger partial charge in [-0.2, -0.15) is 5.10 Å². The van der Waals surface area contributed by atoms with Gasteiger partial charge in [0.15, 0.2) is 16.8 Å². The number of anilines is 1. The fourth-order valence-electron chi connectivity index (χ4n) is 2.47. The zero-order valence-corrected chi connectivity index (χ0v) is 12.7. The number of carbonyl (C=O) groups is 1. The molecule has 0 aliphatic heterocycles. The minimum absolute atomic E-state index is 0.0598. The summed E-state index contributed by atoms with van der Waals surface area (Å²) in [6.07, 6.45) is 3.17. The van der Waals surface area contributed by atoms with Gasteiger partial charge < -0.3 is 9.73 Å². The molecule has 7 heteroatoms. The lowest BCUT2D eigenvalue weighted by atomic mass is 10.2. The molecule has 4 rings (SSSR count). The molecule has 0 fully saturated rings. The molecule has 0 bridgehead atoms. The first-order valence-electron chi connectivity index (χ1n) is 7.26. The first kappa shape index (κ1) is 14.1. The first-order chi connectivity index (χ1) is 11.6. The largest absolute Gasteiger partial charge is 0.451 e. The summed E-state index contributed by atoms with van der Waals surface area (Å²) in [6.45, 7) is 1.86. The Kier molecular flexibility index (Phi) is 3.13.